The summed E-state index contributed by atoms with van der Waals surface area (Å²) in [6.07, 6.45) is -2.37. The summed E-state index contributed by atoms with van der Waals surface area (Å²) in [4.78, 5) is 23.9. The molecule has 0 aromatic heterocycles. The molecule has 1 amide bonds. The highest BCUT2D eigenvalue weighted by Crippen LogP contribution is 2.32. The second-order valence-corrected chi connectivity index (χ2v) is 4.80. The SMILES string of the molecule is CCN(CC(F)(F)F)C(=O)[C@@H]1CCCC[C@@H]1C(=O)O. The van der Waals surface area contributed by atoms with Crippen LogP contribution in [0.1, 0.15) is 32.6 Å². The molecule has 0 unspecified atom stereocenters. The van der Waals surface area contributed by atoms with Crippen molar-refractivity contribution in [1.29, 1.82) is 0 Å². The van der Waals surface area contributed by atoms with Gasteiger partial charge in [0.15, 0.2) is 0 Å². The molecule has 0 bridgehead atoms. The predicted molar refractivity (Wildman–Crippen MR) is 61.4 cm³/mol. The van der Waals surface area contributed by atoms with Crippen molar-refractivity contribution in [3.05, 3.63) is 0 Å². The van der Waals surface area contributed by atoms with E-state index < -0.39 is 36.4 Å². The fourth-order valence-electron chi connectivity index (χ4n) is 2.52. The normalized spacial score (nSPS) is 24.0. The third-order valence-corrected chi connectivity index (χ3v) is 3.46. The van der Waals surface area contributed by atoms with Crippen molar-refractivity contribution >= 4 is 11.9 Å². The van der Waals surface area contributed by atoms with Crippen molar-refractivity contribution in [1.82, 2.24) is 4.90 Å². The zero-order valence-corrected chi connectivity index (χ0v) is 10.7. The molecule has 0 heterocycles. The maximum atomic E-state index is 12.4. The molecule has 0 saturated heterocycles. The van der Waals surface area contributed by atoms with Crippen molar-refractivity contribution in [2.75, 3.05) is 13.1 Å². The first kappa shape index (κ1) is 15.8. The number of rotatable bonds is 4. The van der Waals surface area contributed by atoms with Gasteiger partial charge in [0.1, 0.15) is 6.54 Å². The van der Waals surface area contributed by atoms with Gasteiger partial charge in [0.05, 0.1) is 11.8 Å². The van der Waals surface area contributed by atoms with Crippen LogP contribution in [0.3, 0.4) is 0 Å². The van der Waals surface area contributed by atoms with E-state index in [0.717, 1.165) is 0 Å². The van der Waals surface area contributed by atoms with Crippen molar-refractivity contribution in [2.24, 2.45) is 11.8 Å². The van der Waals surface area contributed by atoms with E-state index in [1.165, 1.54) is 6.92 Å². The molecule has 0 spiro atoms. The number of halogens is 3. The van der Waals surface area contributed by atoms with Gasteiger partial charge in [-0.25, -0.2) is 0 Å². The Hall–Kier alpha value is -1.27. The largest absolute Gasteiger partial charge is 0.481 e. The van der Waals surface area contributed by atoms with Crippen LogP contribution >= 0.6 is 0 Å². The molecular formula is C12H18F3NO3. The molecule has 0 aliphatic heterocycles. The average Bonchev–Trinajstić information content (AvgIpc) is 2.34. The van der Waals surface area contributed by atoms with E-state index in [2.05, 4.69) is 0 Å². The summed E-state index contributed by atoms with van der Waals surface area (Å²) in [5.74, 6) is -3.47. The lowest BCUT2D eigenvalue weighted by molar-refractivity contribution is -0.167. The van der Waals surface area contributed by atoms with Crippen molar-refractivity contribution in [3.8, 4) is 0 Å². The van der Waals surface area contributed by atoms with Crippen LogP contribution < -0.4 is 0 Å². The van der Waals surface area contributed by atoms with Gasteiger partial charge < -0.3 is 10.0 Å². The minimum absolute atomic E-state index is 0.0683. The third kappa shape index (κ3) is 4.40. The number of amides is 1. The molecule has 0 radical (unpaired) electrons. The van der Waals surface area contributed by atoms with E-state index in [-0.39, 0.29) is 6.54 Å². The van der Waals surface area contributed by atoms with Gasteiger partial charge in [-0.1, -0.05) is 12.8 Å². The lowest BCUT2D eigenvalue weighted by atomic mass is 9.78. The van der Waals surface area contributed by atoms with Crippen molar-refractivity contribution < 1.29 is 27.9 Å². The Balaban J connectivity index is 2.79. The van der Waals surface area contributed by atoms with Crippen molar-refractivity contribution in [3.63, 3.8) is 0 Å². The molecule has 1 rings (SSSR count). The molecular weight excluding hydrogens is 263 g/mol. The Morgan fingerprint density at radius 2 is 1.74 bits per heavy atom. The Bertz CT molecular complexity index is 344. The second kappa shape index (κ2) is 6.25. The van der Waals surface area contributed by atoms with E-state index in [4.69, 9.17) is 5.11 Å². The number of carbonyl (C=O) groups excluding carboxylic acids is 1. The molecule has 0 aromatic carbocycles. The average molecular weight is 281 g/mol. The molecule has 1 aliphatic rings. The maximum Gasteiger partial charge on any atom is 0.406 e. The summed E-state index contributed by atoms with van der Waals surface area (Å²) in [6, 6.07) is 0. The van der Waals surface area contributed by atoms with Crippen LogP contribution in [0.5, 0.6) is 0 Å². The summed E-state index contributed by atoms with van der Waals surface area (Å²) >= 11 is 0. The number of hydrogen-bond acceptors (Lipinski definition) is 2. The molecule has 1 saturated carbocycles. The van der Waals surface area contributed by atoms with Crippen LogP contribution in [-0.4, -0.2) is 41.1 Å². The Kier molecular flexibility index (Phi) is 5.20. The van der Waals surface area contributed by atoms with Gasteiger partial charge in [-0.3, -0.25) is 9.59 Å². The van der Waals surface area contributed by atoms with Gasteiger partial charge in [-0.05, 0) is 19.8 Å². The predicted octanol–water partition coefficient (Wildman–Crippen LogP) is 2.29. The van der Waals surface area contributed by atoms with E-state index in [9.17, 15) is 22.8 Å². The molecule has 1 aliphatic carbocycles. The maximum absolute atomic E-state index is 12.4. The third-order valence-electron chi connectivity index (χ3n) is 3.46. The molecule has 1 fully saturated rings. The molecule has 4 nitrogen and oxygen atoms in total. The first-order valence-corrected chi connectivity index (χ1v) is 6.34. The Morgan fingerprint density at radius 1 is 1.21 bits per heavy atom. The van der Waals surface area contributed by atoms with Gasteiger partial charge in [-0.2, -0.15) is 13.2 Å². The van der Waals surface area contributed by atoms with Gasteiger partial charge in [-0.15, -0.1) is 0 Å². The number of carboxylic acids is 1. The summed E-state index contributed by atoms with van der Waals surface area (Å²) in [5, 5.41) is 9.05. The topological polar surface area (TPSA) is 57.6 Å². The van der Waals surface area contributed by atoms with E-state index >= 15 is 0 Å². The van der Waals surface area contributed by atoms with Crippen LogP contribution in [0.25, 0.3) is 0 Å². The number of nitrogens with zero attached hydrogens (tertiary/aromatic N) is 1. The number of carboxylic acid groups (broad SMARTS) is 1. The summed E-state index contributed by atoms with van der Waals surface area (Å²) in [6.45, 7) is 0.0780. The molecule has 7 heteroatoms. The van der Waals surface area contributed by atoms with Crippen LogP contribution in [0.4, 0.5) is 13.2 Å². The fraction of sp³-hybridized carbons (Fsp3) is 0.833. The van der Waals surface area contributed by atoms with Gasteiger partial charge >= 0.3 is 12.1 Å². The number of carbonyl (C=O) groups is 2. The highest BCUT2D eigenvalue weighted by Gasteiger charge is 2.40. The summed E-state index contributed by atoms with van der Waals surface area (Å²) < 4.78 is 37.1. The van der Waals surface area contributed by atoms with E-state index in [1.807, 2.05) is 0 Å². The minimum atomic E-state index is -4.46. The second-order valence-electron chi connectivity index (χ2n) is 4.80. The summed E-state index contributed by atoms with van der Waals surface area (Å²) in [5.41, 5.74) is 0. The lowest BCUT2D eigenvalue weighted by Gasteiger charge is -2.32. The number of alkyl halides is 3. The minimum Gasteiger partial charge on any atom is -0.481 e. The molecule has 110 valence electrons. The first-order valence-electron chi connectivity index (χ1n) is 6.34. The zero-order chi connectivity index (χ0) is 14.6. The standard InChI is InChI=1S/C12H18F3NO3/c1-2-16(7-12(13,14)15)10(17)8-5-3-4-6-9(8)11(18)19/h8-9H,2-7H2,1H3,(H,18,19)/t8-,9+/m1/s1. The Morgan fingerprint density at radius 3 is 2.16 bits per heavy atom. The van der Waals surface area contributed by atoms with Crippen LogP contribution in [0.2, 0.25) is 0 Å². The number of hydrogen-bond donors (Lipinski definition) is 1. The van der Waals surface area contributed by atoms with Gasteiger partial charge in [0.2, 0.25) is 5.91 Å². The van der Waals surface area contributed by atoms with Gasteiger partial charge in [0, 0.05) is 6.54 Å². The molecule has 19 heavy (non-hydrogen) atoms. The first-order chi connectivity index (χ1) is 8.76. The number of aliphatic carboxylic acids is 1. The van der Waals surface area contributed by atoms with Crippen LogP contribution in [0, 0.1) is 11.8 Å². The molecule has 2 atom stereocenters. The van der Waals surface area contributed by atoms with E-state index in [0.29, 0.717) is 30.6 Å². The highest BCUT2D eigenvalue weighted by atomic mass is 19.4. The highest BCUT2D eigenvalue weighted by molar-refractivity contribution is 5.85. The smallest absolute Gasteiger partial charge is 0.406 e. The summed E-state index contributed by atoms with van der Waals surface area (Å²) in [7, 11) is 0. The quantitative estimate of drug-likeness (QED) is 0.860. The molecule has 0 aromatic rings. The van der Waals surface area contributed by atoms with Gasteiger partial charge in [0.25, 0.3) is 0 Å². The Labute approximate surface area is 109 Å². The monoisotopic (exact) mass is 281 g/mol. The molecule has 1 N–H and O–H groups in total. The lowest BCUT2D eigenvalue weighted by Crippen LogP contribution is -2.46. The van der Waals surface area contributed by atoms with Crippen LogP contribution in [0.15, 0.2) is 0 Å². The zero-order valence-electron chi connectivity index (χ0n) is 10.7. The van der Waals surface area contributed by atoms with Crippen molar-refractivity contribution in [2.45, 2.75) is 38.8 Å². The fourth-order valence-corrected chi connectivity index (χ4v) is 2.52. The van der Waals surface area contributed by atoms with Crippen LogP contribution in [-0.2, 0) is 9.59 Å². The van der Waals surface area contributed by atoms with E-state index in [1.54, 1.807) is 0 Å².